The number of carbonyl (C=O) groups is 1. The van der Waals surface area contributed by atoms with E-state index in [4.69, 9.17) is 10.5 Å². The number of carbonyl (C=O) groups excluding carboxylic acids is 1. The van der Waals surface area contributed by atoms with Crippen molar-refractivity contribution >= 4 is 5.91 Å². The van der Waals surface area contributed by atoms with Crippen LogP contribution in [0.3, 0.4) is 0 Å². The van der Waals surface area contributed by atoms with Crippen molar-refractivity contribution in [1.82, 2.24) is 4.90 Å². The molecule has 1 heterocycles. The number of ether oxygens (including phenoxy) is 1. The summed E-state index contributed by atoms with van der Waals surface area (Å²) in [5, 5.41) is 0. The monoisotopic (exact) mass is 254 g/mol. The van der Waals surface area contributed by atoms with Crippen LogP contribution in [0.15, 0.2) is 0 Å². The molecule has 1 aliphatic carbocycles. The highest BCUT2D eigenvalue weighted by atomic mass is 16.5. The summed E-state index contributed by atoms with van der Waals surface area (Å²) in [4.78, 5) is 14.4. The highest BCUT2D eigenvalue weighted by molar-refractivity contribution is 5.79. The van der Waals surface area contributed by atoms with Crippen molar-refractivity contribution in [3.05, 3.63) is 0 Å². The van der Waals surface area contributed by atoms with Gasteiger partial charge in [0.05, 0.1) is 0 Å². The first-order valence-electron chi connectivity index (χ1n) is 7.24. The minimum atomic E-state index is 0.240. The van der Waals surface area contributed by atoms with Crippen LogP contribution in [0.25, 0.3) is 0 Å². The molecule has 2 fully saturated rings. The predicted molar refractivity (Wildman–Crippen MR) is 71.1 cm³/mol. The summed E-state index contributed by atoms with van der Waals surface area (Å²) in [6, 6.07) is 0.321. The Morgan fingerprint density at radius 3 is 2.33 bits per heavy atom. The van der Waals surface area contributed by atoms with Crippen LogP contribution in [-0.4, -0.2) is 43.7 Å². The van der Waals surface area contributed by atoms with E-state index in [1.54, 1.807) is 7.11 Å². The van der Waals surface area contributed by atoms with Crippen LogP contribution < -0.4 is 5.73 Å². The lowest BCUT2D eigenvalue weighted by Gasteiger charge is -2.35. The van der Waals surface area contributed by atoms with Crippen molar-refractivity contribution in [3.63, 3.8) is 0 Å². The van der Waals surface area contributed by atoms with E-state index in [-0.39, 0.29) is 5.92 Å². The van der Waals surface area contributed by atoms with Gasteiger partial charge in [-0.3, -0.25) is 4.79 Å². The van der Waals surface area contributed by atoms with Crippen LogP contribution >= 0.6 is 0 Å². The summed E-state index contributed by atoms with van der Waals surface area (Å²) >= 11 is 0. The number of rotatable bonds is 3. The Morgan fingerprint density at radius 2 is 1.78 bits per heavy atom. The number of piperidine rings is 1. The molecule has 4 nitrogen and oxygen atoms in total. The van der Waals surface area contributed by atoms with Crippen LogP contribution in [0.4, 0.5) is 0 Å². The lowest BCUT2D eigenvalue weighted by molar-refractivity contribution is -0.138. The van der Waals surface area contributed by atoms with E-state index < -0.39 is 0 Å². The standard InChI is InChI=1S/C14H26N2O2/c1-18-10-11-6-8-16(9-7-11)14(17)12-2-4-13(15)5-3-12/h11-13H,2-10,15H2,1H3. The molecule has 0 bridgehead atoms. The van der Waals surface area contributed by atoms with E-state index in [0.29, 0.717) is 17.9 Å². The minimum Gasteiger partial charge on any atom is -0.384 e. The zero-order valence-electron chi connectivity index (χ0n) is 11.4. The maximum absolute atomic E-state index is 12.4. The van der Waals surface area contributed by atoms with Gasteiger partial charge in [0.25, 0.3) is 0 Å². The van der Waals surface area contributed by atoms with Crippen LogP contribution in [0.5, 0.6) is 0 Å². The molecule has 0 aromatic rings. The Labute approximate surface area is 110 Å². The van der Waals surface area contributed by atoms with Crippen LogP contribution in [0, 0.1) is 11.8 Å². The van der Waals surface area contributed by atoms with Crippen molar-refractivity contribution < 1.29 is 9.53 Å². The fraction of sp³-hybridized carbons (Fsp3) is 0.929. The van der Waals surface area contributed by atoms with Crippen molar-refractivity contribution in [2.24, 2.45) is 17.6 Å². The number of hydrogen-bond donors (Lipinski definition) is 1. The first-order valence-corrected chi connectivity index (χ1v) is 7.24. The van der Waals surface area contributed by atoms with Crippen LogP contribution in [-0.2, 0) is 9.53 Å². The van der Waals surface area contributed by atoms with Gasteiger partial charge in [0.2, 0.25) is 5.91 Å². The van der Waals surface area contributed by atoms with Crippen molar-refractivity contribution in [2.75, 3.05) is 26.8 Å². The molecule has 1 amide bonds. The van der Waals surface area contributed by atoms with E-state index in [1.165, 1.54) is 0 Å². The summed E-state index contributed by atoms with van der Waals surface area (Å²) < 4.78 is 5.19. The molecule has 104 valence electrons. The molecule has 1 aliphatic heterocycles. The van der Waals surface area contributed by atoms with Gasteiger partial charge in [-0.25, -0.2) is 0 Å². The average Bonchev–Trinajstić information content (AvgIpc) is 2.40. The number of amides is 1. The number of nitrogens with two attached hydrogens (primary N) is 1. The van der Waals surface area contributed by atoms with Gasteiger partial charge in [-0.1, -0.05) is 0 Å². The molecule has 0 radical (unpaired) electrons. The molecule has 0 atom stereocenters. The van der Waals surface area contributed by atoms with Crippen molar-refractivity contribution in [1.29, 1.82) is 0 Å². The van der Waals surface area contributed by atoms with Gasteiger partial charge in [0, 0.05) is 38.8 Å². The van der Waals surface area contributed by atoms with E-state index in [9.17, 15) is 4.79 Å². The molecule has 2 aliphatic rings. The van der Waals surface area contributed by atoms with Crippen LogP contribution in [0.1, 0.15) is 38.5 Å². The quantitative estimate of drug-likeness (QED) is 0.828. The SMILES string of the molecule is COCC1CCN(C(=O)C2CCC(N)CC2)CC1. The highest BCUT2D eigenvalue weighted by Crippen LogP contribution is 2.27. The van der Waals surface area contributed by atoms with Gasteiger partial charge in [0.15, 0.2) is 0 Å². The van der Waals surface area contributed by atoms with Gasteiger partial charge in [0.1, 0.15) is 0 Å². The zero-order valence-corrected chi connectivity index (χ0v) is 11.4. The van der Waals surface area contributed by atoms with Crippen molar-refractivity contribution in [2.45, 2.75) is 44.6 Å². The van der Waals surface area contributed by atoms with Gasteiger partial charge in [-0.05, 0) is 44.4 Å². The molecule has 0 spiro atoms. The highest BCUT2D eigenvalue weighted by Gasteiger charge is 2.30. The molecule has 18 heavy (non-hydrogen) atoms. The molecule has 2 N–H and O–H groups in total. The maximum Gasteiger partial charge on any atom is 0.225 e. The lowest BCUT2D eigenvalue weighted by Crippen LogP contribution is -2.44. The molecule has 2 rings (SSSR count). The molecule has 4 heteroatoms. The second kappa shape index (κ2) is 6.53. The Kier molecular flexibility index (Phi) is 5.01. The summed E-state index contributed by atoms with van der Waals surface area (Å²) in [6.07, 6.45) is 6.17. The summed E-state index contributed by atoms with van der Waals surface area (Å²) in [5.41, 5.74) is 5.89. The van der Waals surface area contributed by atoms with Gasteiger partial charge < -0.3 is 15.4 Å². The topological polar surface area (TPSA) is 55.6 Å². The summed E-state index contributed by atoms with van der Waals surface area (Å²) in [7, 11) is 1.75. The molecular formula is C14H26N2O2. The lowest BCUT2D eigenvalue weighted by atomic mass is 9.85. The molecule has 0 unspecified atom stereocenters. The number of likely N-dealkylation sites (tertiary alicyclic amines) is 1. The Hall–Kier alpha value is -0.610. The fourth-order valence-electron chi connectivity index (χ4n) is 3.18. The first-order chi connectivity index (χ1) is 8.70. The van der Waals surface area contributed by atoms with E-state index in [1.807, 2.05) is 0 Å². The average molecular weight is 254 g/mol. The Morgan fingerprint density at radius 1 is 1.17 bits per heavy atom. The van der Waals surface area contributed by atoms with Crippen LogP contribution in [0.2, 0.25) is 0 Å². The second-order valence-electron chi connectivity index (χ2n) is 5.84. The van der Waals surface area contributed by atoms with Crippen molar-refractivity contribution in [3.8, 4) is 0 Å². The number of nitrogens with zero attached hydrogens (tertiary/aromatic N) is 1. The van der Waals surface area contributed by atoms with Gasteiger partial charge in [-0.2, -0.15) is 0 Å². The fourth-order valence-corrected chi connectivity index (χ4v) is 3.18. The smallest absolute Gasteiger partial charge is 0.225 e. The Bertz CT molecular complexity index is 267. The largest absolute Gasteiger partial charge is 0.384 e. The van der Waals surface area contributed by atoms with E-state index in [0.717, 1.165) is 58.2 Å². The van der Waals surface area contributed by atoms with E-state index in [2.05, 4.69) is 4.90 Å². The second-order valence-corrected chi connectivity index (χ2v) is 5.84. The van der Waals surface area contributed by atoms with Gasteiger partial charge >= 0.3 is 0 Å². The normalized spacial score (nSPS) is 30.4. The molecule has 0 aromatic carbocycles. The third-order valence-electron chi connectivity index (χ3n) is 4.45. The third-order valence-corrected chi connectivity index (χ3v) is 4.45. The summed E-state index contributed by atoms with van der Waals surface area (Å²) in [5.74, 6) is 1.25. The predicted octanol–water partition coefficient (Wildman–Crippen LogP) is 1.39. The molecule has 0 aromatic heterocycles. The number of hydrogen-bond acceptors (Lipinski definition) is 3. The third kappa shape index (κ3) is 3.45. The summed E-state index contributed by atoms with van der Waals surface area (Å²) in [6.45, 7) is 2.66. The van der Waals surface area contributed by atoms with E-state index >= 15 is 0 Å². The van der Waals surface area contributed by atoms with Gasteiger partial charge in [-0.15, -0.1) is 0 Å². The zero-order chi connectivity index (χ0) is 13.0. The first kappa shape index (κ1) is 13.8. The molecule has 1 saturated carbocycles. The minimum absolute atomic E-state index is 0.240. The number of methoxy groups -OCH3 is 1. The Balaban J connectivity index is 1.77. The maximum atomic E-state index is 12.4. The molecular weight excluding hydrogens is 228 g/mol. The molecule has 1 saturated heterocycles.